The van der Waals surface area contributed by atoms with Gasteiger partial charge in [-0.05, 0) is 42.7 Å². The summed E-state index contributed by atoms with van der Waals surface area (Å²) >= 11 is 0. The van der Waals surface area contributed by atoms with E-state index < -0.39 is 0 Å². The Balaban J connectivity index is 1.79. The van der Waals surface area contributed by atoms with Crippen molar-refractivity contribution in [3.8, 4) is 11.4 Å². The van der Waals surface area contributed by atoms with Crippen LogP contribution >= 0.6 is 0 Å². The molecule has 4 heteroatoms. The van der Waals surface area contributed by atoms with Crippen molar-refractivity contribution in [2.75, 3.05) is 7.05 Å². The number of nitrogens with zero attached hydrogens (tertiary/aromatic N) is 2. The van der Waals surface area contributed by atoms with Gasteiger partial charge in [-0.3, -0.25) is 4.79 Å². The zero-order valence-electron chi connectivity index (χ0n) is 15.7. The van der Waals surface area contributed by atoms with Crippen molar-refractivity contribution in [2.24, 2.45) is 0 Å². The van der Waals surface area contributed by atoms with Gasteiger partial charge in [-0.2, -0.15) is 0 Å². The Bertz CT molecular complexity index is 980. The molecule has 4 rings (SSSR count). The van der Waals surface area contributed by atoms with Crippen molar-refractivity contribution in [3.63, 3.8) is 0 Å². The molecule has 1 heterocycles. The molecule has 2 aromatic carbocycles. The van der Waals surface area contributed by atoms with Gasteiger partial charge >= 0.3 is 0 Å². The molecular formula is C23H25N3O. The predicted octanol–water partition coefficient (Wildman–Crippen LogP) is 4.97. The molecule has 1 N–H and O–H groups in total. The summed E-state index contributed by atoms with van der Waals surface area (Å²) in [5.74, 6) is 0.924. The quantitative estimate of drug-likeness (QED) is 0.669. The molecule has 1 aliphatic carbocycles. The van der Waals surface area contributed by atoms with Gasteiger partial charge in [-0.25, -0.2) is 4.98 Å². The molecule has 0 unspecified atom stereocenters. The van der Waals surface area contributed by atoms with E-state index in [1.165, 1.54) is 37.6 Å². The minimum atomic E-state index is -0.102. The molecule has 0 saturated heterocycles. The summed E-state index contributed by atoms with van der Waals surface area (Å²) in [6, 6.07) is 17.2. The van der Waals surface area contributed by atoms with E-state index in [0.29, 0.717) is 6.04 Å². The number of imidazole rings is 1. The van der Waals surface area contributed by atoms with E-state index in [4.69, 9.17) is 4.98 Å². The van der Waals surface area contributed by atoms with Gasteiger partial charge in [0, 0.05) is 24.7 Å². The number of hydrogen-bond donors (Lipinski definition) is 1. The first-order valence-corrected chi connectivity index (χ1v) is 9.73. The summed E-state index contributed by atoms with van der Waals surface area (Å²) in [5, 5.41) is 2.61. The van der Waals surface area contributed by atoms with Crippen molar-refractivity contribution >= 4 is 23.0 Å². The first-order chi connectivity index (χ1) is 13.3. The van der Waals surface area contributed by atoms with Crippen LogP contribution in [0.1, 0.15) is 43.7 Å². The van der Waals surface area contributed by atoms with E-state index >= 15 is 0 Å². The lowest BCUT2D eigenvalue weighted by molar-refractivity contribution is -0.115. The number of aromatic nitrogens is 2. The van der Waals surface area contributed by atoms with Crippen molar-refractivity contribution in [2.45, 2.75) is 38.1 Å². The van der Waals surface area contributed by atoms with Crippen molar-refractivity contribution in [3.05, 3.63) is 60.2 Å². The van der Waals surface area contributed by atoms with Gasteiger partial charge in [0.15, 0.2) is 0 Å². The first-order valence-electron chi connectivity index (χ1n) is 9.73. The largest absolute Gasteiger partial charge is 0.356 e. The van der Waals surface area contributed by atoms with Crippen LogP contribution in [0.4, 0.5) is 0 Å². The van der Waals surface area contributed by atoms with Crippen LogP contribution in [0.15, 0.2) is 54.6 Å². The van der Waals surface area contributed by atoms with Crippen LogP contribution in [0, 0.1) is 0 Å². The van der Waals surface area contributed by atoms with Crippen molar-refractivity contribution in [1.82, 2.24) is 14.9 Å². The zero-order valence-corrected chi connectivity index (χ0v) is 15.7. The maximum atomic E-state index is 11.5. The lowest BCUT2D eigenvalue weighted by atomic mass is 9.94. The van der Waals surface area contributed by atoms with Crippen molar-refractivity contribution in [1.29, 1.82) is 0 Å². The lowest BCUT2D eigenvalue weighted by Crippen LogP contribution is -2.14. The Morgan fingerprint density at radius 2 is 1.93 bits per heavy atom. The average Bonchev–Trinajstić information content (AvgIpc) is 3.12. The highest BCUT2D eigenvalue weighted by molar-refractivity contribution is 5.91. The number of benzene rings is 2. The third-order valence-electron chi connectivity index (χ3n) is 5.35. The SMILES string of the molecule is CNC(=O)/C=C/c1cccc(-c2nc3ccccc3n2C2CCCCC2)c1. The van der Waals surface area contributed by atoms with Gasteiger partial charge in [0.05, 0.1) is 11.0 Å². The highest BCUT2D eigenvalue weighted by Gasteiger charge is 2.22. The number of rotatable bonds is 4. The summed E-state index contributed by atoms with van der Waals surface area (Å²) in [6.45, 7) is 0. The lowest BCUT2D eigenvalue weighted by Gasteiger charge is -2.25. The Hall–Kier alpha value is -2.88. The number of para-hydroxylation sites is 2. The average molecular weight is 359 g/mol. The second-order valence-corrected chi connectivity index (χ2v) is 7.16. The molecule has 3 aromatic rings. The van der Waals surface area contributed by atoms with E-state index in [1.807, 2.05) is 24.3 Å². The summed E-state index contributed by atoms with van der Waals surface area (Å²) in [6.07, 6.45) is 9.72. The molecule has 1 fully saturated rings. The zero-order chi connectivity index (χ0) is 18.6. The highest BCUT2D eigenvalue weighted by atomic mass is 16.1. The number of carbonyl (C=O) groups excluding carboxylic acids is 1. The van der Waals surface area contributed by atoms with Crippen LogP contribution in [0.5, 0.6) is 0 Å². The van der Waals surface area contributed by atoms with E-state index in [2.05, 4.69) is 40.2 Å². The second-order valence-electron chi connectivity index (χ2n) is 7.16. The highest BCUT2D eigenvalue weighted by Crippen LogP contribution is 2.36. The van der Waals surface area contributed by atoms with Crippen molar-refractivity contribution < 1.29 is 4.79 Å². The number of hydrogen-bond acceptors (Lipinski definition) is 2. The third kappa shape index (κ3) is 3.65. The molecule has 1 aliphatic rings. The molecule has 0 radical (unpaired) electrons. The molecule has 0 bridgehead atoms. The number of amides is 1. The summed E-state index contributed by atoms with van der Waals surface area (Å²) < 4.78 is 2.44. The van der Waals surface area contributed by atoms with E-state index in [1.54, 1.807) is 13.1 Å². The maximum Gasteiger partial charge on any atom is 0.243 e. The van der Waals surface area contributed by atoms with Gasteiger partial charge in [-0.15, -0.1) is 0 Å². The Kier molecular flexibility index (Phi) is 5.05. The first kappa shape index (κ1) is 17.5. The van der Waals surface area contributed by atoms with E-state index in [9.17, 15) is 4.79 Å². The molecule has 1 aromatic heterocycles. The molecular weight excluding hydrogens is 334 g/mol. The summed E-state index contributed by atoms with van der Waals surface area (Å²) in [7, 11) is 1.63. The van der Waals surface area contributed by atoms with Crippen LogP contribution in [0.25, 0.3) is 28.5 Å². The molecule has 138 valence electrons. The summed E-state index contributed by atoms with van der Waals surface area (Å²) in [5.41, 5.74) is 4.35. The van der Waals surface area contributed by atoms with Gasteiger partial charge in [-0.1, -0.05) is 49.6 Å². The molecule has 0 atom stereocenters. The van der Waals surface area contributed by atoms with Crippen LogP contribution in [-0.2, 0) is 4.79 Å². The fourth-order valence-electron chi connectivity index (χ4n) is 3.99. The third-order valence-corrected chi connectivity index (χ3v) is 5.35. The van der Waals surface area contributed by atoms with Crippen LogP contribution in [0.3, 0.4) is 0 Å². The maximum absolute atomic E-state index is 11.5. The van der Waals surface area contributed by atoms with Gasteiger partial charge in [0.25, 0.3) is 0 Å². The van der Waals surface area contributed by atoms with Crippen LogP contribution in [0.2, 0.25) is 0 Å². The minimum Gasteiger partial charge on any atom is -0.356 e. The molecule has 1 amide bonds. The molecule has 1 saturated carbocycles. The fourth-order valence-corrected chi connectivity index (χ4v) is 3.99. The number of fused-ring (bicyclic) bond motifs is 1. The Labute approximate surface area is 159 Å². The normalized spacial score (nSPS) is 15.4. The second kappa shape index (κ2) is 7.78. The number of nitrogens with one attached hydrogen (secondary N) is 1. The Morgan fingerprint density at radius 3 is 2.74 bits per heavy atom. The minimum absolute atomic E-state index is 0.102. The number of carbonyl (C=O) groups is 1. The fraction of sp³-hybridized carbons (Fsp3) is 0.304. The predicted molar refractivity (Wildman–Crippen MR) is 110 cm³/mol. The van der Waals surface area contributed by atoms with Gasteiger partial charge in [0.1, 0.15) is 5.82 Å². The molecule has 27 heavy (non-hydrogen) atoms. The van der Waals surface area contributed by atoms with Crippen LogP contribution < -0.4 is 5.32 Å². The van der Waals surface area contributed by atoms with Crippen LogP contribution in [-0.4, -0.2) is 22.5 Å². The Morgan fingerprint density at radius 1 is 1.11 bits per heavy atom. The van der Waals surface area contributed by atoms with E-state index in [0.717, 1.165) is 22.5 Å². The standard InChI is InChI=1S/C23H25N3O/c1-24-22(27)15-14-17-8-7-9-18(16-17)23-25-20-12-5-6-13-21(20)26(23)19-10-3-2-4-11-19/h5-9,12-16,19H,2-4,10-11H2,1H3,(H,24,27)/b15-14+. The molecule has 0 aliphatic heterocycles. The smallest absolute Gasteiger partial charge is 0.243 e. The topological polar surface area (TPSA) is 46.9 Å². The monoisotopic (exact) mass is 359 g/mol. The van der Waals surface area contributed by atoms with E-state index in [-0.39, 0.29) is 5.91 Å². The molecule has 4 nitrogen and oxygen atoms in total. The summed E-state index contributed by atoms with van der Waals surface area (Å²) in [4.78, 5) is 16.5. The van der Waals surface area contributed by atoms with Gasteiger partial charge < -0.3 is 9.88 Å². The molecule has 0 spiro atoms. The van der Waals surface area contributed by atoms with Gasteiger partial charge in [0.2, 0.25) is 5.91 Å². The number of likely N-dealkylation sites (N-methyl/N-ethyl adjacent to an activating group) is 1.